The first kappa shape index (κ1) is 12.4. The highest BCUT2D eigenvalue weighted by molar-refractivity contribution is 7.21. The van der Waals surface area contributed by atoms with E-state index in [-0.39, 0.29) is 0 Å². The molecule has 1 heterocycles. The van der Waals surface area contributed by atoms with Crippen molar-refractivity contribution in [3.05, 3.63) is 59.0 Å². The van der Waals surface area contributed by atoms with Gasteiger partial charge in [-0.1, -0.05) is 24.3 Å². The number of aryl methyl sites for hydroxylation is 1. The van der Waals surface area contributed by atoms with Gasteiger partial charge in [0.25, 0.3) is 0 Å². The van der Waals surface area contributed by atoms with Crippen molar-refractivity contribution in [1.29, 1.82) is 0 Å². The summed E-state index contributed by atoms with van der Waals surface area (Å²) >= 11 is 1.35. The van der Waals surface area contributed by atoms with Crippen LogP contribution in [0.3, 0.4) is 0 Å². The second kappa shape index (κ2) is 4.30. The zero-order chi connectivity index (χ0) is 14.6. The summed E-state index contributed by atoms with van der Waals surface area (Å²) in [5, 5.41) is 15.0. The number of fused-ring (bicyclic) bond motifs is 3. The van der Waals surface area contributed by atoms with E-state index < -0.39 is 5.97 Å². The summed E-state index contributed by atoms with van der Waals surface area (Å²) in [6.07, 6.45) is 0. The Morgan fingerprint density at radius 3 is 2.19 bits per heavy atom. The standard InChI is InChI=1S/C18H12O2S/c1-10-15-8-13-6-11-4-2-3-5-12(11)7-14(13)9-16(15)21-17(10)18(19)20/h2-9H,1H3,(H,19,20). The Morgan fingerprint density at radius 1 is 0.952 bits per heavy atom. The van der Waals surface area contributed by atoms with Gasteiger partial charge in [-0.15, -0.1) is 11.3 Å². The number of thiophene rings is 1. The third-order valence-electron chi connectivity index (χ3n) is 3.95. The van der Waals surface area contributed by atoms with Gasteiger partial charge in [-0.2, -0.15) is 0 Å². The molecular weight excluding hydrogens is 280 g/mol. The van der Waals surface area contributed by atoms with Gasteiger partial charge >= 0.3 is 5.97 Å². The van der Waals surface area contributed by atoms with Crippen LogP contribution in [0.5, 0.6) is 0 Å². The molecule has 0 saturated heterocycles. The second-order valence-corrected chi connectivity index (χ2v) is 6.31. The molecule has 0 radical (unpaired) electrons. The lowest BCUT2D eigenvalue weighted by atomic mass is 10.0. The number of benzene rings is 3. The Hall–Kier alpha value is -2.39. The zero-order valence-electron chi connectivity index (χ0n) is 11.4. The van der Waals surface area contributed by atoms with Crippen molar-refractivity contribution >= 4 is 48.9 Å². The molecule has 0 atom stereocenters. The predicted molar refractivity (Wildman–Crippen MR) is 88.5 cm³/mol. The van der Waals surface area contributed by atoms with Gasteiger partial charge in [0, 0.05) is 4.70 Å². The summed E-state index contributed by atoms with van der Waals surface area (Å²) in [5.74, 6) is -0.845. The van der Waals surface area contributed by atoms with Gasteiger partial charge < -0.3 is 5.11 Å². The second-order valence-electron chi connectivity index (χ2n) is 5.26. The van der Waals surface area contributed by atoms with E-state index in [1.165, 1.54) is 22.1 Å². The molecule has 4 rings (SSSR count). The predicted octanol–water partition coefficient (Wildman–Crippen LogP) is 5.21. The van der Waals surface area contributed by atoms with E-state index in [9.17, 15) is 9.90 Å². The summed E-state index contributed by atoms with van der Waals surface area (Å²) in [4.78, 5) is 11.7. The molecule has 0 aliphatic heterocycles. The average Bonchev–Trinajstić information content (AvgIpc) is 2.79. The molecule has 3 aromatic carbocycles. The highest BCUT2D eigenvalue weighted by atomic mass is 32.1. The SMILES string of the molecule is Cc1c(C(=O)O)sc2cc3cc4ccccc4cc3cc12. The molecule has 0 unspecified atom stereocenters. The summed E-state index contributed by atoms with van der Waals surface area (Å²) in [7, 11) is 0. The van der Waals surface area contributed by atoms with Crippen molar-refractivity contribution < 1.29 is 9.90 Å². The van der Waals surface area contributed by atoms with Gasteiger partial charge in [0.1, 0.15) is 4.88 Å². The van der Waals surface area contributed by atoms with E-state index in [2.05, 4.69) is 36.4 Å². The largest absolute Gasteiger partial charge is 0.477 e. The first-order valence-corrected chi connectivity index (χ1v) is 7.54. The molecule has 0 aliphatic rings. The Kier molecular flexibility index (Phi) is 2.53. The summed E-state index contributed by atoms with van der Waals surface area (Å²) in [5.41, 5.74) is 0.859. The van der Waals surface area contributed by atoms with Crippen LogP contribution in [0.4, 0.5) is 0 Å². The third kappa shape index (κ3) is 1.82. The number of carbonyl (C=O) groups is 1. The third-order valence-corrected chi connectivity index (χ3v) is 5.20. The first-order chi connectivity index (χ1) is 10.1. The highest BCUT2D eigenvalue weighted by Crippen LogP contribution is 2.35. The maximum atomic E-state index is 11.3. The Balaban J connectivity index is 2.13. The minimum atomic E-state index is -0.845. The Morgan fingerprint density at radius 2 is 1.57 bits per heavy atom. The molecule has 102 valence electrons. The van der Waals surface area contributed by atoms with Crippen molar-refractivity contribution in [2.45, 2.75) is 6.92 Å². The van der Waals surface area contributed by atoms with Crippen LogP contribution in [0, 0.1) is 6.92 Å². The summed E-state index contributed by atoms with van der Waals surface area (Å²) < 4.78 is 1.03. The van der Waals surface area contributed by atoms with Gasteiger partial charge in [-0.25, -0.2) is 4.79 Å². The molecule has 2 nitrogen and oxygen atoms in total. The highest BCUT2D eigenvalue weighted by Gasteiger charge is 2.14. The number of hydrogen-bond acceptors (Lipinski definition) is 2. The van der Waals surface area contributed by atoms with E-state index >= 15 is 0 Å². The molecule has 0 fully saturated rings. The van der Waals surface area contributed by atoms with E-state index in [1.807, 2.05) is 19.1 Å². The first-order valence-electron chi connectivity index (χ1n) is 6.72. The van der Waals surface area contributed by atoms with Crippen LogP contribution >= 0.6 is 11.3 Å². The van der Waals surface area contributed by atoms with Gasteiger partial charge in [-0.05, 0) is 63.7 Å². The van der Waals surface area contributed by atoms with Crippen molar-refractivity contribution in [2.24, 2.45) is 0 Å². The summed E-state index contributed by atoms with van der Waals surface area (Å²) in [6.45, 7) is 1.88. The fraction of sp³-hybridized carbons (Fsp3) is 0.0556. The monoisotopic (exact) mass is 292 g/mol. The molecular formula is C18H12O2S. The molecule has 1 aromatic heterocycles. The molecule has 0 spiro atoms. The van der Waals surface area contributed by atoms with Crippen molar-refractivity contribution in [1.82, 2.24) is 0 Å². The van der Waals surface area contributed by atoms with Crippen LogP contribution < -0.4 is 0 Å². The van der Waals surface area contributed by atoms with Crippen LogP contribution in [0.2, 0.25) is 0 Å². The maximum Gasteiger partial charge on any atom is 0.346 e. The summed E-state index contributed by atoms with van der Waals surface area (Å²) in [6, 6.07) is 16.8. The van der Waals surface area contributed by atoms with Gasteiger partial charge in [0.15, 0.2) is 0 Å². The topological polar surface area (TPSA) is 37.3 Å². The number of rotatable bonds is 1. The van der Waals surface area contributed by atoms with Crippen molar-refractivity contribution in [3.8, 4) is 0 Å². The van der Waals surface area contributed by atoms with Crippen molar-refractivity contribution in [3.63, 3.8) is 0 Å². The van der Waals surface area contributed by atoms with E-state index in [0.29, 0.717) is 4.88 Å². The number of hydrogen-bond donors (Lipinski definition) is 1. The lowest BCUT2D eigenvalue weighted by molar-refractivity contribution is 0.0701. The molecule has 4 aromatic rings. The van der Waals surface area contributed by atoms with E-state index in [4.69, 9.17) is 0 Å². The van der Waals surface area contributed by atoms with Crippen LogP contribution in [0.1, 0.15) is 15.2 Å². The van der Waals surface area contributed by atoms with Crippen LogP contribution in [0.25, 0.3) is 31.6 Å². The van der Waals surface area contributed by atoms with Gasteiger partial charge in [0.2, 0.25) is 0 Å². The van der Waals surface area contributed by atoms with Gasteiger partial charge in [0.05, 0.1) is 0 Å². The minimum absolute atomic E-state index is 0.435. The molecule has 0 aliphatic carbocycles. The maximum absolute atomic E-state index is 11.3. The lowest BCUT2D eigenvalue weighted by Crippen LogP contribution is -1.93. The Labute approximate surface area is 125 Å². The van der Waals surface area contributed by atoms with E-state index in [0.717, 1.165) is 26.4 Å². The van der Waals surface area contributed by atoms with Crippen LogP contribution in [-0.4, -0.2) is 11.1 Å². The molecule has 1 N–H and O–H groups in total. The van der Waals surface area contributed by atoms with E-state index in [1.54, 1.807) is 0 Å². The van der Waals surface area contributed by atoms with Crippen LogP contribution in [-0.2, 0) is 0 Å². The number of carboxylic acids is 1. The lowest BCUT2D eigenvalue weighted by Gasteiger charge is -2.03. The Bertz CT molecular complexity index is 1030. The molecule has 0 amide bonds. The molecule has 0 bridgehead atoms. The normalized spacial score (nSPS) is 11.5. The fourth-order valence-electron chi connectivity index (χ4n) is 2.86. The smallest absolute Gasteiger partial charge is 0.346 e. The minimum Gasteiger partial charge on any atom is -0.477 e. The fourth-order valence-corrected chi connectivity index (χ4v) is 3.94. The van der Waals surface area contributed by atoms with Crippen molar-refractivity contribution in [2.75, 3.05) is 0 Å². The zero-order valence-corrected chi connectivity index (χ0v) is 12.2. The number of aromatic carboxylic acids is 1. The molecule has 3 heteroatoms. The molecule has 21 heavy (non-hydrogen) atoms. The quantitative estimate of drug-likeness (QED) is 0.489. The molecule has 0 saturated carbocycles. The van der Waals surface area contributed by atoms with Gasteiger partial charge in [-0.3, -0.25) is 0 Å². The van der Waals surface area contributed by atoms with Crippen LogP contribution in [0.15, 0.2) is 48.5 Å². The number of carboxylic acid groups (broad SMARTS) is 1. The average molecular weight is 292 g/mol.